The average Bonchev–Trinajstić information content (AvgIpc) is 3.35. The van der Waals surface area contributed by atoms with Gasteiger partial charge in [-0.25, -0.2) is 4.79 Å². The summed E-state index contributed by atoms with van der Waals surface area (Å²) in [6, 6.07) is 0. The molecule has 6 atom stereocenters. The smallest absolute Gasteiger partial charge is 0.335 e. The van der Waals surface area contributed by atoms with Crippen molar-refractivity contribution in [2.45, 2.75) is 225 Å². The van der Waals surface area contributed by atoms with Gasteiger partial charge in [0.05, 0.1) is 13.0 Å². The van der Waals surface area contributed by atoms with Crippen LogP contribution >= 0.6 is 0 Å². The van der Waals surface area contributed by atoms with E-state index in [0.29, 0.717) is 19.3 Å². The van der Waals surface area contributed by atoms with Crippen LogP contribution in [-0.4, -0.2) is 89.2 Å². The second kappa shape index (κ2) is 46.5. The number of aliphatic hydroxyl groups excluding tert-OH is 2. The van der Waals surface area contributed by atoms with Crippen molar-refractivity contribution in [2.75, 3.05) is 13.2 Å². The minimum absolute atomic E-state index is 0.0841. The number of carbonyl (C=O) groups excluding carboxylic acids is 3. The SMILES string of the molecule is CC/C=C\C/C=C\C/C=C\C/C=C\C/C=C\CC(=O)OC1C(OCC(COC(=O)CC/C=C\C/C=C\C/C=C\C/C=C\CC)OC(=O)CCCCCCCCCCCCCCC)OC(C(=O)O)C(O)C1O. The lowest BCUT2D eigenvalue weighted by molar-refractivity contribution is -0.301. The number of carbonyl (C=O) groups is 4. The molecule has 0 aromatic rings. The van der Waals surface area contributed by atoms with Gasteiger partial charge in [-0.2, -0.15) is 0 Å². The number of unbranched alkanes of at least 4 members (excludes halogenated alkanes) is 12. The predicted molar refractivity (Wildman–Crippen MR) is 284 cm³/mol. The molecule has 0 spiro atoms. The van der Waals surface area contributed by atoms with Gasteiger partial charge < -0.3 is 39.0 Å². The standard InChI is InChI=1S/C59H92O12/c1-4-7-10-13-16-19-22-25-26-29-32-35-38-41-44-47-53(62)70-57-55(64)54(63)56(58(65)66)71-59(57)68-49-50(69-52(61)46-43-40-37-34-31-28-24-21-18-15-12-9-6-3)48-67-51(60)45-42-39-36-33-30-27-23-20-17-14-11-8-5-2/h7-8,10-11,16-17,19-20,25-27,30,32,35-36,39,41,44,50,54-57,59,63-64H,4-6,9,12-15,18,21-24,28-29,31,33-34,37-38,40,42-43,45-49H2,1-3H3,(H,65,66)/b10-7-,11-8-,19-16-,20-17-,26-25-,30-27-,35-32-,39-36-,44-41-. The summed E-state index contributed by atoms with van der Waals surface area (Å²) in [6.07, 6.45) is 49.7. The van der Waals surface area contributed by atoms with Gasteiger partial charge in [0.2, 0.25) is 0 Å². The lowest BCUT2D eigenvalue weighted by Crippen LogP contribution is -2.61. The summed E-state index contributed by atoms with van der Waals surface area (Å²) >= 11 is 0. The Morgan fingerprint density at radius 2 is 0.930 bits per heavy atom. The molecule has 0 aromatic carbocycles. The molecule has 0 radical (unpaired) electrons. The van der Waals surface area contributed by atoms with Gasteiger partial charge in [0.15, 0.2) is 24.6 Å². The Hall–Kier alpha value is -4.62. The van der Waals surface area contributed by atoms with Crippen LogP contribution in [0.2, 0.25) is 0 Å². The highest BCUT2D eigenvalue weighted by Crippen LogP contribution is 2.26. The molecular formula is C59H92O12. The molecule has 3 N–H and O–H groups in total. The van der Waals surface area contributed by atoms with E-state index in [-0.39, 0.29) is 25.9 Å². The Kier molecular flexibility index (Phi) is 42.1. The maximum absolute atomic E-state index is 13.1. The molecule has 12 heteroatoms. The van der Waals surface area contributed by atoms with E-state index >= 15 is 0 Å². The van der Waals surface area contributed by atoms with Crippen LogP contribution in [-0.2, 0) is 42.9 Å². The van der Waals surface area contributed by atoms with Crippen LogP contribution in [0.15, 0.2) is 109 Å². The van der Waals surface area contributed by atoms with E-state index in [4.69, 9.17) is 23.7 Å². The molecule has 0 aliphatic carbocycles. The van der Waals surface area contributed by atoms with Crippen molar-refractivity contribution >= 4 is 23.9 Å². The number of hydrogen-bond acceptors (Lipinski definition) is 11. The van der Waals surface area contributed by atoms with Crippen molar-refractivity contribution in [3.05, 3.63) is 109 Å². The van der Waals surface area contributed by atoms with E-state index in [1.54, 1.807) is 12.2 Å². The number of aliphatic hydroxyl groups is 2. The molecule has 0 amide bonds. The van der Waals surface area contributed by atoms with Gasteiger partial charge in [0, 0.05) is 12.8 Å². The van der Waals surface area contributed by atoms with Crippen LogP contribution in [0.25, 0.3) is 0 Å². The summed E-state index contributed by atoms with van der Waals surface area (Å²) in [5.41, 5.74) is 0. The maximum atomic E-state index is 13.1. The number of carboxylic acid groups (broad SMARTS) is 1. The number of aliphatic carboxylic acids is 1. The van der Waals surface area contributed by atoms with Gasteiger partial charge >= 0.3 is 23.9 Å². The zero-order chi connectivity index (χ0) is 51.8. The summed E-state index contributed by atoms with van der Waals surface area (Å²) in [5.74, 6) is -3.40. The fraction of sp³-hybridized carbons (Fsp3) is 0.627. The molecule has 1 aliphatic rings. The number of rotatable bonds is 43. The third-order valence-corrected chi connectivity index (χ3v) is 11.4. The Morgan fingerprint density at radius 3 is 1.39 bits per heavy atom. The molecule has 1 fully saturated rings. The second-order valence-electron chi connectivity index (χ2n) is 17.8. The quantitative estimate of drug-likeness (QED) is 0.0229. The highest BCUT2D eigenvalue weighted by Gasteiger charge is 2.50. The Bertz CT molecular complexity index is 1650. The molecule has 6 unspecified atom stereocenters. The number of hydrogen-bond donors (Lipinski definition) is 3. The van der Waals surface area contributed by atoms with Gasteiger partial charge in [-0.05, 0) is 70.6 Å². The Morgan fingerprint density at radius 1 is 0.493 bits per heavy atom. The second-order valence-corrected chi connectivity index (χ2v) is 17.8. The van der Waals surface area contributed by atoms with E-state index in [2.05, 4.69) is 93.7 Å². The largest absolute Gasteiger partial charge is 0.479 e. The average molecular weight is 993 g/mol. The highest BCUT2D eigenvalue weighted by molar-refractivity contribution is 5.74. The summed E-state index contributed by atoms with van der Waals surface area (Å²) in [5, 5.41) is 31.3. The summed E-state index contributed by atoms with van der Waals surface area (Å²) in [6.45, 7) is 5.62. The minimum atomic E-state index is -1.95. The number of ether oxygens (including phenoxy) is 5. The highest BCUT2D eigenvalue weighted by atomic mass is 16.7. The van der Waals surface area contributed by atoms with Gasteiger partial charge in [-0.3, -0.25) is 14.4 Å². The van der Waals surface area contributed by atoms with Crippen LogP contribution in [0.5, 0.6) is 0 Å². The zero-order valence-electron chi connectivity index (χ0n) is 43.7. The van der Waals surface area contributed by atoms with Crippen molar-refractivity contribution in [2.24, 2.45) is 0 Å². The molecule has 1 aliphatic heterocycles. The van der Waals surface area contributed by atoms with Crippen LogP contribution in [0.1, 0.15) is 188 Å². The van der Waals surface area contributed by atoms with E-state index < -0.39 is 67.3 Å². The van der Waals surface area contributed by atoms with Crippen LogP contribution < -0.4 is 0 Å². The first kappa shape index (κ1) is 64.4. The third-order valence-electron chi connectivity index (χ3n) is 11.4. The molecule has 1 saturated heterocycles. The van der Waals surface area contributed by atoms with Gasteiger partial charge in [0.25, 0.3) is 0 Å². The third kappa shape index (κ3) is 36.9. The molecule has 1 rings (SSSR count). The van der Waals surface area contributed by atoms with Crippen LogP contribution in [0.3, 0.4) is 0 Å². The van der Waals surface area contributed by atoms with Crippen molar-refractivity contribution in [3.8, 4) is 0 Å². The Balaban J connectivity index is 2.82. The van der Waals surface area contributed by atoms with Crippen LogP contribution in [0, 0.1) is 0 Å². The maximum Gasteiger partial charge on any atom is 0.335 e. The molecule has 0 bridgehead atoms. The molecule has 1 heterocycles. The summed E-state index contributed by atoms with van der Waals surface area (Å²) < 4.78 is 28.1. The minimum Gasteiger partial charge on any atom is -0.479 e. The topological polar surface area (TPSA) is 175 Å². The number of allylic oxidation sites excluding steroid dienone is 17. The number of esters is 3. The van der Waals surface area contributed by atoms with Crippen molar-refractivity contribution < 1.29 is 58.2 Å². The van der Waals surface area contributed by atoms with E-state index in [9.17, 15) is 34.5 Å². The summed E-state index contributed by atoms with van der Waals surface area (Å²) in [7, 11) is 0. The molecular weight excluding hydrogens is 901 g/mol. The first-order valence-corrected chi connectivity index (χ1v) is 26.9. The van der Waals surface area contributed by atoms with E-state index in [1.807, 2.05) is 24.3 Å². The molecule has 12 nitrogen and oxygen atoms in total. The molecule has 71 heavy (non-hydrogen) atoms. The lowest BCUT2D eigenvalue weighted by Gasteiger charge is -2.40. The van der Waals surface area contributed by atoms with Crippen LogP contribution in [0.4, 0.5) is 0 Å². The fourth-order valence-electron chi connectivity index (χ4n) is 7.34. The first-order valence-electron chi connectivity index (χ1n) is 26.9. The monoisotopic (exact) mass is 993 g/mol. The van der Waals surface area contributed by atoms with E-state index in [0.717, 1.165) is 70.6 Å². The van der Waals surface area contributed by atoms with Crippen molar-refractivity contribution in [1.29, 1.82) is 0 Å². The zero-order valence-corrected chi connectivity index (χ0v) is 43.7. The number of carboxylic acids is 1. The molecule has 400 valence electrons. The molecule has 0 saturated carbocycles. The van der Waals surface area contributed by atoms with Gasteiger partial charge in [-0.1, -0.05) is 207 Å². The normalized spacial score (nSPS) is 19.4. The van der Waals surface area contributed by atoms with Crippen molar-refractivity contribution in [1.82, 2.24) is 0 Å². The lowest BCUT2D eigenvalue weighted by atomic mass is 9.98. The fourth-order valence-corrected chi connectivity index (χ4v) is 7.34. The first-order chi connectivity index (χ1) is 34.6. The predicted octanol–water partition coefficient (Wildman–Crippen LogP) is 13.1. The van der Waals surface area contributed by atoms with Gasteiger partial charge in [0.1, 0.15) is 18.8 Å². The van der Waals surface area contributed by atoms with Gasteiger partial charge in [-0.15, -0.1) is 0 Å². The summed E-state index contributed by atoms with van der Waals surface area (Å²) in [4.78, 5) is 50.8. The van der Waals surface area contributed by atoms with Crippen molar-refractivity contribution in [3.63, 3.8) is 0 Å². The Labute approximate surface area is 427 Å². The molecule has 0 aromatic heterocycles. The van der Waals surface area contributed by atoms with E-state index in [1.165, 1.54) is 57.8 Å².